The molecular formula is C35H30FN3O5S. The molecule has 0 bridgehead atoms. The summed E-state index contributed by atoms with van der Waals surface area (Å²) in [6.45, 7) is 2.99. The molecule has 3 heterocycles. The van der Waals surface area contributed by atoms with Gasteiger partial charge in [0.15, 0.2) is 5.75 Å². The highest BCUT2D eigenvalue weighted by molar-refractivity contribution is 7.90. The van der Waals surface area contributed by atoms with Crippen molar-refractivity contribution in [3.63, 3.8) is 0 Å². The number of halogens is 1. The highest BCUT2D eigenvalue weighted by atomic mass is 32.2. The second-order valence-corrected chi connectivity index (χ2v) is 12.8. The van der Waals surface area contributed by atoms with Gasteiger partial charge in [0.25, 0.3) is 10.0 Å². The van der Waals surface area contributed by atoms with E-state index in [1.807, 2.05) is 23.6 Å². The smallest absolute Gasteiger partial charge is 0.343 e. The van der Waals surface area contributed by atoms with Crippen molar-refractivity contribution in [2.24, 2.45) is 0 Å². The minimum Gasteiger partial charge on any atom is -0.420 e. The Labute approximate surface area is 259 Å². The number of carbonyl (C=O) groups excluding carboxylic acids is 1. The van der Waals surface area contributed by atoms with E-state index >= 15 is 0 Å². The fourth-order valence-corrected chi connectivity index (χ4v) is 7.41. The summed E-state index contributed by atoms with van der Waals surface area (Å²) in [5, 5.41) is 5.77. The molecule has 2 aromatic heterocycles. The molecule has 6 aromatic rings. The number of hydrogen-bond acceptors (Lipinski definition) is 6. The molecule has 0 N–H and O–H groups in total. The first-order valence-electron chi connectivity index (χ1n) is 14.9. The zero-order chi connectivity index (χ0) is 31.1. The zero-order valence-corrected chi connectivity index (χ0v) is 25.3. The molecule has 0 unspecified atom stereocenters. The summed E-state index contributed by atoms with van der Waals surface area (Å²) in [7, 11) is -4.05. The lowest BCUT2D eigenvalue weighted by molar-refractivity contribution is 0.0721. The van der Waals surface area contributed by atoms with Crippen LogP contribution in [0.2, 0.25) is 0 Å². The van der Waals surface area contributed by atoms with Crippen LogP contribution in [-0.2, 0) is 21.2 Å². The number of rotatable bonds is 7. The third-order valence-electron chi connectivity index (χ3n) is 8.30. The maximum absolute atomic E-state index is 14.1. The molecule has 1 aliphatic heterocycles. The topological polar surface area (TPSA) is 92.4 Å². The van der Waals surface area contributed by atoms with E-state index in [9.17, 15) is 17.6 Å². The van der Waals surface area contributed by atoms with E-state index in [0.29, 0.717) is 77.0 Å². The molecule has 7 rings (SSSR count). The normalized spacial score (nSPS) is 14.3. The molecule has 0 spiro atoms. The average Bonchev–Trinajstić information content (AvgIpc) is 3.60. The maximum atomic E-state index is 14.1. The molecule has 1 aliphatic rings. The lowest BCUT2D eigenvalue weighted by atomic mass is 9.95. The van der Waals surface area contributed by atoms with Gasteiger partial charge in [-0.3, -0.25) is 0 Å². The van der Waals surface area contributed by atoms with Gasteiger partial charge in [0.05, 0.1) is 32.9 Å². The molecule has 10 heteroatoms. The van der Waals surface area contributed by atoms with Gasteiger partial charge in [-0.15, -0.1) is 0 Å². The molecule has 228 valence electrons. The Kier molecular flexibility index (Phi) is 7.47. The lowest BCUT2D eigenvalue weighted by Gasteiger charge is -2.25. The van der Waals surface area contributed by atoms with Crippen LogP contribution in [0.5, 0.6) is 5.75 Å². The van der Waals surface area contributed by atoms with E-state index in [1.54, 1.807) is 60.7 Å². The van der Waals surface area contributed by atoms with E-state index < -0.39 is 16.0 Å². The van der Waals surface area contributed by atoms with Gasteiger partial charge in [0.1, 0.15) is 5.82 Å². The lowest BCUT2D eigenvalue weighted by Crippen LogP contribution is -2.18. The van der Waals surface area contributed by atoms with Gasteiger partial charge in [-0.05, 0) is 79.9 Å². The quantitative estimate of drug-likeness (QED) is 0.177. The zero-order valence-electron chi connectivity index (χ0n) is 24.5. The molecule has 0 atom stereocenters. The molecular weight excluding hydrogens is 593 g/mol. The molecule has 45 heavy (non-hydrogen) atoms. The third kappa shape index (κ3) is 5.09. The Morgan fingerprint density at radius 3 is 2.22 bits per heavy atom. The second-order valence-electron chi connectivity index (χ2n) is 11.0. The van der Waals surface area contributed by atoms with E-state index in [1.165, 1.54) is 24.3 Å². The number of carbonyl (C=O) groups is 1. The van der Waals surface area contributed by atoms with Gasteiger partial charge in [0, 0.05) is 35.6 Å². The Hall–Kier alpha value is -4.80. The van der Waals surface area contributed by atoms with Crippen LogP contribution in [0, 0.1) is 5.82 Å². The Balaban J connectivity index is 1.56. The summed E-state index contributed by atoms with van der Waals surface area (Å²) in [5.41, 5.74) is 3.48. The van der Waals surface area contributed by atoms with E-state index in [4.69, 9.17) is 9.47 Å². The highest BCUT2D eigenvalue weighted by Gasteiger charge is 2.32. The summed E-state index contributed by atoms with van der Waals surface area (Å²) in [4.78, 5) is 13.7. The summed E-state index contributed by atoms with van der Waals surface area (Å²) >= 11 is 0. The van der Waals surface area contributed by atoms with Gasteiger partial charge in [-0.2, -0.15) is 17.6 Å². The van der Waals surface area contributed by atoms with Crippen LogP contribution in [-0.4, -0.2) is 41.4 Å². The number of fused-ring (bicyclic) bond motifs is 2. The standard InChI is InChI=1S/C35H30FN3O5S/c1-2-30-28-21-31-29(22-32(28)39(37-30)45(41,42)27-11-7-4-8-12-27)34(44-35(40)24-9-5-3-6-10-24)33(23-17-19-43-20-18-23)38(31)26-15-13-25(36)14-16-26/h3-16,21-23H,2,17-20H2,1H3. The Morgan fingerprint density at radius 1 is 0.911 bits per heavy atom. The van der Waals surface area contributed by atoms with Crippen LogP contribution in [0.4, 0.5) is 4.39 Å². The van der Waals surface area contributed by atoms with Gasteiger partial charge >= 0.3 is 5.97 Å². The molecule has 0 radical (unpaired) electrons. The van der Waals surface area contributed by atoms with Crippen LogP contribution < -0.4 is 4.74 Å². The fourth-order valence-electron chi connectivity index (χ4n) is 6.10. The first-order chi connectivity index (χ1) is 21.9. The molecule has 8 nitrogen and oxygen atoms in total. The second kappa shape index (κ2) is 11.6. The van der Waals surface area contributed by atoms with Crippen molar-refractivity contribution in [1.29, 1.82) is 0 Å². The summed E-state index contributed by atoms with van der Waals surface area (Å²) in [6, 6.07) is 26.7. The van der Waals surface area contributed by atoms with Gasteiger partial charge < -0.3 is 14.0 Å². The van der Waals surface area contributed by atoms with Crippen molar-refractivity contribution in [1.82, 2.24) is 13.8 Å². The number of ether oxygens (including phenoxy) is 2. The number of esters is 1. The minimum absolute atomic E-state index is 0.0481. The van der Waals surface area contributed by atoms with Crippen LogP contribution in [0.25, 0.3) is 27.5 Å². The predicted octanol–water partition coefficient (Wildman–Crippen LogP) is 7.03. The van der Waals surface area contributed by atoms with Gasteiger partial charge in [-0.25, -0.2) is 9.18 Å². The van der Waals surface area contributed by atoms with Crippen LogP contribution >= 0.6 is 0 Å². The van der Waals surface area contributed by atoms with Crippen LogP contribution in [0.15, 0.2) is 102 Å². The summed E-state index contributed by atoms with van der Waals surface area (Å²) in [5.74, 6) is -0.628. The highest BCUT2D eigenvalue weighted by Crippen LogP contribution is 2.45. The number of aryl methyl sites for hydroxylation is 1. The summed E-state index contributed by atoms with van der Waals surface area (Å²) < 4.78 is 56.9. The van der Waals surface area contributed by atoms with E-state index in [-0.39, 0.29) is 16.6 Å². The minimum atomic E-state index is -4.05. The van der Waals surface area contributed by atoms with Crippen LogP contribution in [0.3, 0.4) is 0 Å². The van der Waals surface area contributed by atoms with Crippen molar-refractivity contribution in [3.8, 4) is 11.4 Å². The van der Waals surface area contributed by atoms with Crippen LogP contribution in [0.1, 0.15) is 47.4 Å². The van der Waals surface area contributed by atoms with Crippen molar-refractivity contribution in [3.05, 3.63) is 120 Å². The van der Waals surface area contributed by atoms with Crippen molar-refractivity contribution in [2.75, 3.05) is 13.2 Å². The molecule has 0 aliphatic carbocycles. The first kappa shape index (κ1) is 28.9. The predicted molar refractivity (Wildman–Crippen MR) is 169 cm³/mol. The molecule has 1 saturated heterocycles. The van der Waals surface area contributed by atoms with Gasteiger partial charge in [0.2, 0.25) is 0 Å². The van der Waals surface area contributed by atoms with E-state index in [0.717, 1.165) is 9.78 Å². The van der Waals surface area contributed by atoms with Crippen molar-refractivity contribution < 1.29 is 27.1 Å². The maximum Gasteiger partial charge on any atom is 0.343 e. The summed E-state index contributed by atoms with van der Waals surface area (Å²) in [6.07, 6.45) is 1.85. The average molecular weight is 624 g/mol. The Bertz CT molecular complexity index is 2130. The van der Waals surface area contributed by atoms with Gasteiger partial charge in [-0.1, -0.05) is 43.3 Å². The van der Waals surface area contributed by atoms with Crippen molar-refractivity contribution >= 4 is 37.8 Å². The number of benzene rings is 4. The number of hydrogen-bond donors (Lipinski definition) is 0. The first-order valence-corrected chi connectivity index (χ1v) is 16.3. The Morgan fingerprint density at radius 2 is 1.56 bits per heavy atom. The molecule has 4 aromatic carbocycles. The van der Waals surface area contributed by atoms with Crippen molar-refractivity contribution in [2.45, 2.75) is 37.0 Å². The molecule has 0 saturated carbocycles. The molecule has 1 fully saturated rings. The molecule has 0 amide bonds. The number of aromatic nitrogens is 3. The van der Waals surface area contributed by atoms with E-state index in [2.05, 4.69) is 5.10 Å². The third-order valence-corrected chi connectivity index (χ3v) is 9.90. The SMILES string of the molecule is CCc1nn(S(=O)(=O)c2ccccc2)c2cc3c(OC(=O)c4ccccc4)c(C4CCOCC4)n(-c4ccc(F)cc4)c3cc12. The largest absolute Gasteiger partial charge is 0.420 e. The monoisotopic (exact) mass is 623 g/mol. The number of nitrogens with zero attached hydrogens (tertiary/aromatic N) is 3. The fraction of sp³-hybridized carbons (Fsp3) is 0.200.